The summed E-state index contributed by atoms with van der Waals surface area (Å²) in [5, 5.41) is 8.84. The summed E-state index contributed by atoms with van der Waals surface area (Å²) < 4.78 is 18.1. The van der Waals surface area contributed by atoms with Crippen molar-refractivity contribution in [3.8, 4) is 0 Å². The number of hydrogen-bond donors (Lipinski definition) is 2. The minimum absolute atomic E-state index is 0.223. The Morgan fingerprint density at radius 3 is 2.61 bits per heavy atom. The molecule has 1 aromatic rings. The molecule has 0 heterocycles. The van der Waals surface area contributed by atoms with Crippen LogP contribution in [0.1, 0.15) is 24.2 Å². The molecule has 6 heteroatoms. The minimum Gasteiger partial charge on any atom is -0.481 e. The number of esters is 1. The molecule has 0 aliphatic heterocycles. The fourth-order valence-corrected chi connectivity index (χ4v) is 1.08. The molecule has 3 N–H and O–H groups in total. The summed E-state index contributed by atoms with van der Waals surface area (Å²) in [5.41, 5.74) is 4.11. The summed E-state index contributed by atoms with van der Waals surface area (Å²) in [6.45, 7) is 2.45. The van der Waals surface area contributed by atoms with E-state index in [9.17, 15) is 14.0 Å². The summed E-state index contributed by atoms with van der Waals surface area (Å²) in [4.78, 5) is 22.4. The van der Waals surface area contributed by atoms with Crippen molar-refractivity contribution in [2.45, 2.75) is 13.8 Å². The van der Waals surface area contributed by atoms with Gasteiger partial charge in [0, 0.05) is 5.69 Å². The Balaban J connectivity index is 2.78. The Kier molecular flexibility index (Phi) is 3.90. The molecule has 1 rings (SSSR count). The first-order chi connectivity index (χ1) is 8.24. The summed E-state index contributed by atoms with van der Waals surface area (Å²) in [6, 6.07) is 3.51. The molecule has 0 spiro atoms. The van der Waals surface area contributed by atoms with Crippen LogP contribution in [-0.4, -0.2) is 23.7 Å². The molecule has 0 radical (unpaired) electrons. The molecule has 0 atom stereocenters. The lowest BCUT2D eigenvalue weighted by Gasteiger charge is -2.18. The van der Waals surface area contributed by atoms with Crippen molar-refractivity contribution in [3.05, 3.63) is 29.6 Å². The highest BCUT2D eigenvalue weighted by atomic mass is 19.1. The Morgan fingerprint density at radius 2 is 2.06 bits per heavy atom. The average molecular weight is 255 g/mol. The van der Waals surface area contributed by atoms with Crippen molar-refractivity contribution < 1.29 is 23.8 Å². The van der Waals surface area contributed by atoms with Crippen LogP contribution in [0.25, 0.3) is 0 Å². The number of nitrogens with two attached hydrogens (primary N) is 1. The Bertz CT molecular complexity index is 485. The summed E-state index contributed by atoms with van der Waals surface area (Å²) in [6.07, 6.45) is 0. The van der Waals surface area contributed by atoms with Gasteiger partial charge in [-0.3, -0.25) is 4.79 Å². The second-order valence-corrected chi connectivity index (χ2v) is 4.50. The van der Waals surface area contributed by atoms with Crippen molar-refractivity contribution in [2.24, 2.45) is 5.41 Å². The number of rotatable bonds is 4. The van der Waals surface area contributed by atoms with Crippen LogP contribution in [0, 0.1) is 11.2 Å². The number of hydrogen-bond acceptors (Lipinski definition) is 4. The topological polar surface area (TPSA) is 89.6 Å². The van der Waals surface area contributed by atoms with Crippen molar-refractivity contribution in [1.29, 1.82) is 0 Å². The molecular weight excluding hydrogens is 241 g/mol. The predicted octanol–water partition coefficient (Wildman–Crippen LogP) is 1.68. The van der Waals surface area contributed by atoms with E-state index in [1.807, 2.05) is 0 Å². The Hall–Kier alpha value is -2.11. The molecule has 0 amide bonds. The zero-order valence-electron chi connectivity index (χ0n) is 10.1. The number of anilines is 1. The molecular formula is C12H14FNO4. The number of aliphatic carboxylic acids is 1. The van der Waals surface area contributed by atoms with Crippen LogP contribution in [0.5, 0.6) is 0 Å². The molecule has 0 aliphatic carbocycles. The van der Waals surface area contributed by atoms with Gasteiger partial charge in [0.2, 0.25) is 0 Å². The smallest absolute Gasteiger partial charge is 0.341 e. The van der Waals surface area contributed by atoms with E-state index in [0.717, 1.165) is 12.1 Å². The van der Waals surface area contributed by atoms with E-state index < -0.39 is 23.2 Å². The second-order valence-electron chi connectivity index (χ2n) is 4.50. The van der Waals surface area contributed by atoms with Crippen molar-refractivity contribution in [1.82, 2.24) is 0 Å². The Morgan fingerprint density at radius 1 is 1.44 bits per heavy atom. The number of benzene rings is 1. The fourth-order valence-electron chi connectivity index (χ4n) is 1.08. The van der Waals surface area contributed by atoms with Gasteiger partial charge in [0.25, 0.3) is 0 Å². The van der Waals surface area contributed by atoms with Gasteiger partial charge < -0.3 is 15.6 Å². The molecule has 1 aromatic carbocycles. The van der Waals surface area contributed by atoms with Gasteiger partial charge >= 0.3 is 11.9 Å². The number of halogens is 1. The first-order valence-electron chi connectivity index (χ1n) is 5.19. The van der Waals surface area contributed by atoms with Gasteiger partial charge in [-0.2, -0.15) is 0 Å². The van der Waals surface area contributed by atoms with Crippen molar-refractivity contribution in [3.63, 3.8) is 0 Å². The van der Waals surface area contributed by atoms with E-state index in [2.05, 4.69) is 0 Å². The van der Waals surface area contributed by atoms with Gasteiger partial charge in [-0.15, -0.1) is 0 Å². The van der Waals surface area contributed by atoms with Crippen molar-refractivity contribution in [2.75, 3.05) is 12.3 Å². The third kappa shape index (κ3) is 3.19. The molecule has 0 unspecified atom stereocenters. The number of carbonyl (C=O) groups excluding carboxylic acids is 1. The molecule has 98 valence electrons. The number of carboxylic acid groups (broad SMARTS) is 1. The SMILES string of the molecule is CC(C)(COC(=O)c1cc(N)ccc1F)C(=O)O. The molecule has 0 saturated carbocycles. The van der Waals surface area contributed by atoms with Gasteiger partial charge in [0.05, 0.1) is 11.0 Å². The molecule has 0 bridgehead atoms. The van der Waals surface area contributed by atoms with Crippen LogP contribution in [0.2, 0.25) is 0 Å². The van der Waals surface area contributed by atoms with Gasteiger partial charge in [-0.1, -0.05) is 0 Å². The van der Waals surface area contributed by atoms with Gasteiger partial charge in [0.15, 0.2) is 0 Å². The number of carbonyl (C=O) groups is 2. The van der Waals surface area contributed by atoms with Crippen LogP contribution in [0.3, 0.4) is 0 Å². The molecule has 0 fully saturated rings. The second kappa shape index (κ2) is 5.03. The minimum atomic E-state index is -1.23. The van der Waals surface area contributed by atoms with Gasteiger partial charge in [0.1, 0.15) is 12.4 Å². The lowest BCUT2D eigenvalue weighted by atomic mass is 9.95. The molecule has 0 aliphatic rings. The summed E-state index contributed by atoms with van der Waals surface area (Å²) >= 11 is 0. The quantitative estimate of drug-likeness (QED) is 0.631. The highest BCUT2D eigenvalue weighted by Crippen LogP contribution is 2.18. The van der Waals surface area contributed by atoms with Crippen LogP contribution in [0.4, 0.5) is 10.1 Å². The van der Waals surface area contributed by atoms with Crippen molar-refractivity contribution >= 4 is 17.6 Å². The standard InChI is InChI=1S/C12H14FNO4/c1-12(2,11(16)17)6-18-10(15)8-5-7(14)3-4-9(8)13/h3-5H,6,14H2,1-2H3,(H,16,17). The predicted molar refractivity (Wildman–Crippen MR) is 62.5 cm³/mol. The summed E-state index contributed by atoms with van der Waals surface area (Å²) in [7, 11) is 0. The third-order valence-corrected chi connectivity index (χ3v) is 2.35. The molecule has 5 nitrogen and oxygen atoms in total. The maximum absolute atomic E-state index is 13.3. The maximum atomic E-state index is 13.3. The highest BCUT2D eigenvalue weighted by molar-refractivity contribution is 5.91. The average Bonchev–Trinajstić information content (AvgIpc) is 2.29. The van der Waals surface area contributed by atoms with Crippen LogP contribution < -0.4 is 5.73 Å². The first kappa shape index (κ1) is 14.0. The van der Waals surface area contributed by atoms with Gasteiger partial charge in [-0.05, 0) is 32.0 Å². The Labute approximate surface area is 103 Å². The molecule has 0 aromatic heterocycles. The molecule has 18 heavy (non-hydrogen) atoms. The number of carboxylic acids is 1. The zero-order valence-corrected chi connectivity index (χ0v) is 10.1. The van der Waals surface area contributed by atoms with E-state index in [4.69, 9.17) is 15.6 Å². The lowest BCUT2D eigenvalue weighted by molar-refractivity contribution is -0.149. The van der Waals surface area contributed by atoms with Crippen LogP contribution in [-0.2, 0) is 9.53 Å². The number of nitrogen functional groups attached to an aromatic ring is 1. The van der Waals surface area contributed by atoms with E-state index in [1.165, 1.54) is 19.9 Å². The monoisotopic (exact) mass is 255 g/mol. The maximum Gasteiger partial charge on any atom is 0.341 e. The normalized spacial score (nSPS) is 11.1. The highest BCUT2D eigenvalue weighted by Gasteiger charge is 2.29. The van der Waals surface area contributed by atoms with E-state index >= 15 is 0 Å². The van der Waals surface area contributed by atoms with Gasteiger partial charge in [-0.25, -0.2) is 9.18 Å². The fraction of sp³-hybridized carbons (Fsp3) is 0.333. The van der Waals surface area contributed by atoms with Crippen LogP contribution >= 0.6 is 0 Å². The number of ether oxygens (including phenoxy) is 1. The largest absolute Gasteiger partial charge is 0.481 e. The lowest BCUT2D eigenvalue weighted by Crippen LogP contribution is -2.30. The summed E-state index contributed by atoms with van der Waals surface area (Å²) in [5.74, 6) is -2.81. The molecule has 0 saturated heterocycles. The first-order valence-corrected chi connectivity index (χ1v) is 5.19. The van der Waals surface area contributed by atoms with E-state index in [0.29, 0.717) is 0 Å². The van der Waals surface area contributed by atoms with E-state index in [-0.39, 0.29) is 17.9 Å². The van der Waals surface area contributed by atoms with E-state index in [1.54, 1.807) is 0 Å². The third-order valence-electron chi connectivity index (χ3n) is 2.35. The zero-order chi connectivity index (χ0) is 13.9. The van der Waals surface area contributed by atoms with Crippen LogP contribution in [0.15, 0.2) is 18.2 Å².